The molecule has 0 aliphatic heterocycles. The topological polar surface area (TPSA) is 70.7 Å². The van der Waals surface area contributed by atoms with E-state index in [1.54, 1.807) is 6.07 Å². The van der Waals surface area contributed by atoms with Crippen LogP contribution in [0.5, 0.6) is 0 Å². The van der Waals surface area contributed by atoms with Gasteiger partial charge in [0.2, 0.25) is 0 Å². The van der Waals surface area contributed by atoms with Crippen molar-refractivity contribution in [2.45, 2.75) is 13.0 Å². The number of carboxylic acids is 1. The third-order valence-electron chi connectivity index (χ3n) is 1.32. The van der Waals surface area contributed by atoms with Gasteiger partial charge in [0.25, 0.3) is 0 Å². The van der Waals surface area contributed by atoms with Crippen LogP contribution in [0.1, 0.15) is 11.3 Å². The van der Waals surface area contributed by atoms with Crippen LogP contribution < -0.4 is 0 Å². The normalized spacial score (nSPS) is 9.91. The van der Waals surface area contributed by atoms with Crippen LogP contribution in [0.2, 0.25) is 0 Å². The summed E-state index contributed by atoms with van der Waals surface area (Å²) in [6, 6.07) is 1.55. The highest BCUT2D eigenvalue weighted by molar-refractivity contribution is 5.69. The number of aliphatic hydroxyl groups excluding tert-OH is 1. The van der Waals surface area contributed by atoms with Crippen LogP contribution in [0.15, 0.2) is 16.7 Å². The lowest BCUT2D eigenvalue weighted by Gasteiger charge is -1.93. The van der Waals surface area contributed by atoms with Crippen LogP contribution >= 0.6 is 0 Å². The van der Waals surface area contributed by atoms with E-state index in [1.165, 1.54) is 6.26 Å². The van der Waals surface area contributed by atoms with Crippen LogP contribution in [0, 0.1) is 0 Å². The number of aliphatic hydroxyl groups is 1. The molecule has 1 aromatic heterocycles. The van der Waals surface area contributed by atoms with E-state index >= 15 is 0 Å². The lowest BCUT2D eigenvalue weighted by molar-refractivity contribution is -0.136. The molecule has 0 aliphatic carbocycles. The Kier molecular flexibility index (Phi) is 2.28. The average molecular weight is 156 g/mol. The third kappa shape index (κ3) is 1.81. The van der Waals surface area contributed by atoms with Crippen molar-refractivity contribution in [3.8, 4) is 0 Å². The largest absolute Gasteiger partial charge is 0.481 e. The van der Waals surface area contributed by atoms with Crippen LogP contribution in [0.4, 0.5) is 0 Å². The van der Waals surface area contributed by atoms with E-state index in [-0.39, 0.29) is 13.0 Å². The fourth-order valence-electron chi connectivity index (χ4n) is 0.800. The predicted octanol–water partition coefficient (Wildman–Crippen LogP) is 0.399. The lowest BCUT2D eigenvalue weighted by atomic mass is 10.2. The van der Waals surface area contributed by atoms with Gasteiger partial charge in [0.1, 0.15) is 12.2 Å². The summed E-state index contributed by atoms with van der Waals surface area (Å²) < 4.78 is 4.83. The molecule has 4 nitrogen and oxygen atoms in total. The van der Waals surface area contributed by atoms with Gasteiger partial charge in [0.15, 0.2) is 0 Å². The molecule has 0 spiro atoms. The quantitative estimate of drug-likeness (QED) is 0.664. The van der Waals surface area contributed by atoms with Gasteiger partial charge in [-0.1, -0.05) is 0 Å². The fourth-order valence-corrected chi connectivity index (χ4v) is 0.800. The number of carbonyl (C=O) groups is 1. The van der Waals surface area contributed by atoms with Gasteiger partial charge >= 0.3 is 5.97 Å². The molecule has 1 aromatic rings. The molecule has 0 saturated carbocycles. The SMILES string of the molecule is O=C(O)Cc1occc1CO. The number of hydrogen-bond donors (Lipinski definition) is 2. The predicted molar refractivity (Wildman–Crippen MR) is 36.0 cm³/mol. The van der Waals surface area contributed by atoms with Crippen molar-refractivity contribution in [3.05, 3.63) is 23.7 Å². The summed E-state index contributed by atoms with van der Waals surface area (Å²) in [5.74, 6) is -0.644. The summed E-state index contributed by atoms with van der Waals surface area (Å²) in [5, 5.41) is 17.0. The number of furan rings is 1. The molecular formula is C7H8O4. The summed E-state index contributed by atoms with van der Waals surface area (Å²) in [6.07, 6.45) is 1.19. The van der Waals surface area contributed by atoms with Gasteiger partial charge in [-0.15, -0.1) is 0 Å². The van der Waals surface area contributed by atoms with Crippen LogP contribution in [-0.4, -0.2) is 16.2 Å². The maximum atomic E-state index is 10.2. The van der Waals surface area contributed by atoms with E-state index in [4.69, 9.17) is 14.6 Å². The molecule has 1 heterocycles. The third-order valence-corrected chi connectivity index (χ3v) is 1.32. The Labute approximate surface area is 63.1 Å². The van der Waals surface area contributed by atoms with Gasteiger partial charge in [-0.25, -0.2) is 0 Å². The van der Waals surface area contributed by atoms with Crippen molar-refractivity contribution in [2.75, 3.05) is 0 Å². The minimum atomic E-state index is -0.963. The zero-order chi connectivity index (χ0) is 8.27. The molecule has 0 bridgehead atoms. The van der Waals surface area contributed by atoms with E-state index in [9.17, 15) is 4.79 Å². The summed E-state index contributed by atoms with van der Waals surface area (Å²) >= 11 is 0. The molecule has 0 aromatic carbocycles. The first-order valence-electron chi connectivity index (χ1n) is 3.12. The Hall–Kier alpha value is -1.29. The Morgan fingerprint density at radius 1 is 1.64 bits per heavy atom. The lowest BCUT2D eigenvalue weighted by Crippen LogP contribution is -2.01. The number of rotatable bonds is 3. The van der Waals surface area contributed by atoms with E-state index in [0.717, 1.165) is 0 Å². The highest BCUT2D eigenvalue weighted by atomic mass is 16.4. The van der Waals surface area contributed by atoms with Gasteiger partial charge in [0, 0.05) is 5.56 Å². The van der Waals surface area contributed by atoms with E-state index in [0.29, 0.717) is 11.3 Å². The molecule has 0 aliphatic rings. The second kappa shape index (κ2) is 3.21. The highest BCUT2D eigenvalue weighted by Gasteiger charge is 2.08. The molecule has 0 atom stereocenters. The maximum Gasteiger partial charge on any atom is 0.311 e. The van der Waals surface area contributed by atoms with Gasteiger partial charge in [-0.3, -0.25) is 4.79 Å². The summed E-state index contributed by atoms with van der Waals surface area (Å²) in [5.41, 5.74) is 0.535. The van der Waals surface area contributed by atoms with Gasteiger partial charge in [-0.2, -0.15) is 0 Å². The zero-order valence-electron chi connectivity index (χ0n) is 5.78. The molecule has 11 heavy (non-hydrogen) atoms. The second-order valence-corrected chi connectivity index (χ2v) is 2.10. The van der Waals surface area contributed by atoms with Crippen molar-refractivity contribution in [1.29, 1.82) is 0 Å². The Morgan fingerprint density at radius 2 is 2.36 bits per heavy atom. The maximum absolute atomic E-state index is 10.2. The molecule has 0 fully saturated rings. The molecule has 4 heteroatoms. The molecule has 0 saturated heterocycles. The molecule has 60 valence electrons. The van der Waals surface area contributed by atoms with Crippen molar-refractivity contribution < 1.29 is 19.4 Å². The van der Waals surface area contributed by atoms with Crippen molar-refractivity contribution in [1.82, 2.24) is 0 Å². The number of hydrogen-bond acceptors (Lipinski definition) is 3. The van der Waals surface area contributed by atoms with Crippen molar-refractivity contribution in [3.63, 3.8) is 0 Å². The Bertz CT molecular complexity index is 251. The number of carboxylic acid groups (broad SMARTS) is 1. The zero-order valence-corrected chi connectivity index (χ0v) is 5.78. The van der Waals surface area contributed by atoms with Crippen LogP contribution in [0.25, 0.3) is 0 Å². The minimum absolute atomic E-state index is 0.178. The van der Waals surface area contributed by atoms with E-state index < -0.39 is 5.97 Å². The molecule has 0 radical (unpaired) electrons. The number of aliphatic carboxylic acids is 1. The second-order valence-electron chi connectivity index (χ2n) is 2.10. The summed E-state index contributed by atoms with van der Waals surface area (Å²) in [6.45, 7) is -0.181. The van der Waals surface area contributed by atoms with Crippen molar-refractivity contribution >= 4 is 5.97 Å². The van der Waals surface area contributed by atoms with Crippen LogP contribution in [0.3, 0.4) is 0 Å². The van der Waals surface area contributed by atoms with E-state index in [2.05, 4.69) is 0 Å². The average Bonchev–Trinajstić information content (AvgIpc) is 2.34. The molecular weight excluding hydrogens is 148 g/mol. The smallest absolute Gasteiger partial charge is 0.311 e. The first-order valence-corrected chi connectivity index (χ1v) is 3.12. The fraction of sp³-hybridized carbons (Fsp3) is 0.286. The van der Waals surface area contributed by atoms with Crippen molar-refractivity contribution in [2.24, 2.45) is 0 Å². The highest BCUT2D eigenvalue weighted by Crippen LogP contribution is 2.10. The molecule has 2 N–H and O–H groups in total. The van der Waals surface area contributed by atoms with Gasteiger partial charge in [-0.05, 0) is 6.07 Å². The summed E-state index contributed by atoms with van der Waals surface area (Å²) in [4.78, 5) is 10.2. The van der Waals surface area contributed by atoms with Gasteiger partial charge < -0.3 is 14.6 Å². The standard InChI is InChI=1S/C7H8O4/c8-4-5-1-2-11-6(5)3-7(9)10/h1-2,8H,3-4H2,(H,9,10). The molecule has 1 rings (SSSR count). The monoisotopic (exact) mass is 156 g/mol. The Balaban J connectivity index is 2.76. The first kappa shape index (κ1) is 7.81. The van der Waals surface area contributed by atoms with Gasteiger partial charge in [0.05, 0.1) is 12.9 Å². The minimum Gasteiger partial charge on any atom is -0.481 e. The molecule has 0 unspecified atom stereocenters. The molecule has 0 amide bonds. The van der Waals surface area contributed by atoms with E-state index in [1.807, 2.05) is 0 Å². The first-order chi connectivity index (χ1) is 5.24. The van der Waals surface area contributed by atoms with Crippen LogP contribution in [-0.2, 0) is 17.8 Å². The summed E-state index contributed by atoms with van der Waals surface area (Å²) in [7, 11) is 0. The Morgan fingerprint density at radius 3 is 2.91 bits per heavy atom.